The fraction of sp³-hybridized carbons (Fsp3) is 0.348. The Labute approximate surface area is 190 Å². The molecule has 2 aromatic carbocycles. The van der Waals surface area contributed by atoms with E-state index in [1.54, 1.807) is 6.92 Å². The summed E-state index contributed by atoms with van der Waals surface area (Å²) in [5.41, 5.74) is 0.481. The van der Waals surface area contributed by atoms with Crippen molar-refractivity contribution in [2.45, 2.75) is 45.3 Å². The third-order valence-electron chi connectivity index (χ3n) is 4.83. The summed E-state index contributed by atoms with van der Waals surface area (Å²) < 4.78 is 77.8. The Hall–Kier alpha value is -2.88. The molecule has 0 saturated heterocycles. The van der Waals surface area contributed by atoms with E-state index in [2.05, 4.69) is 10.0 Å². The molecule has 0 aliphatic rings. The standard InChI is InChI=1S/C23H26F4N2O3S/c1-4-5-6-18-13-19(23(25,26)27)10-7-16(18)9-12-22(30)28-15(2)17-8-11-21(20(24)14-17)29-33(3,31)32/h7-15,29H,4-6H2,1-3H3,(H,28,30)/b12-9+/t15-/m1/s1. The zero-order valence-corrected chi connectivity index (χ0v) is 19.3. The van der Waals surface area contributed by atoms with Gasteiger partial charge in [0.1, 0.15) is 5.82 Å². The predicted molar refractivity (Wildman–Crippen MR) is 121 cm³/mol. The van der Waals surface area contributed by atoms with Crippen LogP contribution in [0.15, 0.2) is 42.5 Å². The molecule has 2 aromatic rings. The molecule has 1 amide bonds. The molecule has 1 atom stereocenters. The van der Waals surface area contributed by atoms with Crippen molar-refractivity contribution in [2.24, 2.45) is 0 Å². The second-order valence-electron chi connectivity index (χ2n) is 7.69. The van der Waals surface area contributed by atoms with Crippen molar-refractivity contribution in [3.05, 3.63) is 70.5 Å². The van der Waals surface area contributed by atoms with Crippen LogP contribution in [0.2, 0.25) is 0 Å². The van der Waals surface area contributed by atoms with Gasteiger partial charge in [-0.15, -0.1) is 0 Å². The van der Waals surface area contributed by atoms with Crippen LogP contribution < -0.4 is 10.0 Å². The molecule has 0 radical (unpaired) electrons. The van der Waals surface area contributed by atoms with Gasteiger partial charge in [0, 0.05) is 6.08 Å². The minimum absolute atomic E-state index is 0.207. The SMILES string of the molecule is CCCCc1cc(C(F)(F)F)ccc1/C=C/C(=O)N[C@H](C)c1ccc(NS(C)(=O)=O)c(F)c1. The van der Waals surface area contributed by atoms with E-state index >= 15 is 0 Å². The van der Waals surface area contributed by atoms with Gasteiger partial charge in [0.25, 0.3) is 0 Å². The second kappa shape index (κ2) is 10.8. The maximum absolute atomic E-state index is 14.2. The number of rotatable bonds is 9. The highest BCUT2D eigenvalue weighted by molar-refractivity contribution is 7.92. The van der Waals surface area contributed by atoms with Crippen LogP contribution in [-0.4, -0.2) is 20.6 Å². The fourth-order valence-electron chi connectivity index (χ4n) is 3.12. The maximum atomic E-state index is 14.2. The molecule has 0 bridgehead atoms. The zero-order valence-electron chi connectivity index (χ0n) is 18.5. The van der Waals surface area contributed by atoms with Crippen molar-refractivity contribution in [1.29, 1.82) is 0 Å². The van der Waals surface area contributed by atoms with Crippen LogP contribution in [-0.2, 0) is 27.4 Å². The highest BCUT2D eigenvalue weighted by Crippen LogP contribution is 2.31. The molecule has 0 aromatic heterocycles. The van der Waals surface area contributed by atoms with Crippen LogP contribution in [0.25, 0.3) is 6.08 Å². The van der Waals surface area contributed by atoms with Gasteiger partial charge >= 0.3 is 6.18 Å². The molecule has 0 aliphatic carbocycles. The van der Waals surface area contributed by atoms with Crippen LogP contribution in [0.1, 0.15) is 55.0 Å². The number of hydrogen-bond acceptors (Lipinski definition) is 3. The van der Waals surface area contributed by atoms with Crippen molar-refractivity contribution >= 4 is 27.7 Å². The molecule has 2 N–H and O–H groups in total. The Bertz CT molecular complexity index is 1130. The first kappa shape index (κ1) is 26.4. The molecule has 10 heteroatoms. The van der Waals surface area contributed by atoms with Gasteiger partial charge in [-0.2, -0.15) is 13.2 Å². The lowest BCUT2D eigenvalue weighted by atomic mass is 9.98. The molecule has 0 fully saturated rings. The summed E-state index contributed by atoms with van der Waals surface area (Å²) in [5, 5.41) is 2.65. The summed E-state index contributed by atoms with van der Waals surface area (Å²) in [6.45, 7) is 3.56. The molecule has 0 aliphatic heterocycles. The molecule has 33 heavy (non-hydrogen) atoms. The third kappa shape index (κ3) is 8.20. The Morgan fingerprint density at radius 3 is 2.42 bits per heavy atom. The molecule has 0 saturated carbocycles. The number of carbonyl (C=O) groups is 1. The molecular weight excluding hydrogens is 460 g/mol. The number of aryl methyl sites for hydroxylation is 1. The van der Waals surface area contributed by atoms with E-state index in [0.29, 0.717) is 29.5 Å². The van der Waals surface area contributed by atoms with Crippen molar-refractivity contribution in [3.8, 4) is 0 Å². The van der Waals surface area contributed by atoms with E-state index in [1.165, 1.54) is 30.4 Å². The van der Waals surface area contributed by atoms with E-state index in [9.17, 15) is 30.8 Å². The number of anilines is 1. The van der Waals surface area contributed by atoms with Crippen molar-refractivity contribution < 1.29 is 30.8 Å². The van der Waals surface area contributed by atoms with Gasteiger partial charge in [0.2, 0.25) is 15.9 Å². The van der Waals surface area contributed by atoms with Crippen molar-refractivity contribution in [1.82, 2.24) is 5.32 Å². The minimum atomic E-state index is -4.45. The topological polar surface area (TPSA) is 75.3 Å². The molecule has 180 valence electrons. The Morgan fingerprint density at radius 2 is 1.85 bits per heavy atom. The lowest BCUT2D eigenvalue weighted by Crippen LogP contribution is -2.24. The van der Waals surface area contributed by atoms with Crippen molar-refractivity contribution in [3.63, 3.8) is 0 Å². The minimum Gasteiger partial charge on any atom is -0.346 e. The molecule has 0 heterocycles. The van der Waals surface area contributed by atoms with Gasteiger partial charge in [-0.25, -0.2) is 12.8 Å². The van der Waals surface area contributed by atoms with Gasteiger partial charge in [-0.05, 0) is 66.8 Å². The average Bonchev–Trinajstić information content (AvgIpc) is 2.70. The van der Waals surface area contributed by atoms with Crippen LogP contribution in [0, 0.1) is 5.82 Å². The number of halogens is 4. The molecule has 0 spiro atoms. The quantitative estimate of drug-likeness (QED) is 0.366. The van der Waals surface area contributed by atoms with Crippen LogP contribution in [0.5, 0.6) is 0 Å². The molecule has 5 nitrogen and oxygen atoms in total. The number of sulfonamides is 1. The number of hydrogen-bond donors (Lipinski definition) is 2. The van der Waals surface area contributed by atoms with Crippen molar-refractivity contribution in [2.75, 3.05) is 11.0 Å². The van der Waals surface area contributed by atoms with E-state index < -0.39 is 39.5 Å². The Kier molecular flexibility index (Phi) is 8.65. The number of amides is 1. The molecular formula is C23H26F4N2O3S. The van der Waals surface area contributed by atoms with E-state index in [4.69, 9.17) is 0 Å². The predicted octanol–water partition coefficient (Wildman–Crippen LogP) is 5.45. The van der Waals surface area contributed by atoms with Crippen LogP contribution >= 0.6 is 0 Å². The number of nitrogens with one attached hydrogen (secondary N) is 2. The van der Waals surface area contributed by atoms with E-state index in [-0.39, 0.29) is 5.69 Å². The average molecular weight is 487 g/mol. The molecule has 0 unspecified atom stereocenters. The Balaban J connectivity index is 2.13. The van der Waals surface area contributed by atoms with Gasteiger partial charge in [-0.1, -0.05) is 25.5 Å². The number of benzene rings is 2. The summed E-state index contributed by atoms with van der Waals surface area (Å²) in [6, 6.07) is 6.66. The number of alkyl halides is 3. The van der Waals surface area contributed by atoms with E-state index in [1.807, 2.05) is 6.92 Å². The molecule has 2 rings (SSSR count). The fourth-order valence-corrected chi connectivity index (χ4v) is 3.69. The first-order valence-corrected chi connectivity index (χ1v) is 12.1. The lowest BCUT2D eigenvalue weighted by molar-refractivity contribution is -0.137. The first-order valence-electron chi connectivity index (χ1n) is 10.3. The maximum Gasteiger partial charge on any atom is 0.416 e. The third-order valence-corrected chi connectivity index (χ3v) is 5.42. The highest BCUT2D eigenvalue weighted by atomic mass is 32.2. The van der Waals surface area contributed by atoms with Gasteiger partial charge in [-0.3, -0.25) is 9.52 Å². The van der Waals surface area contributed by atoms with Gasteiger partial charge < -0.3 is 5.32 Å². The monoisotopic (exact) mass is 486 g/mol. The largest absolute Gasteiger partial charge is 0.416 e. The summed E-state index contributed by atoms with van der Waals surface area (Å²) >= 11 is 0. The second-order valence-corrected chi connectivity index (χ2v) is 9.44. The first-order chi connectivity index (χ1) is 15.3. The number of unbranched alkanes of at least 4 members (excludes halogenated alkanes) is 1. The van der Waals surface area contributed by atoms with E-state index in [0.717, 1.165) is 30.9 Å². The Morgan fingerprint density at radius 1 is 1.15 bits per heavy atom. The smallest absolute Gasteiger partial charge is 0.346 e. The number of carbonyl (C=O) groups excluding carboxylic acids is 1. The van der Waals surface area contributed by atoms with Crippen LogP contribution in [0.3, 0.4) is 0 Å². The van der Waals surface area contributed by atoms with Crippen LogP contribution in [0.4, 0.5) is 23.2 Å². The summed E-state index contributed by atoms with van der Waals surface area (Å²) in [6.07, 6.45) is 1.09. The normalized spacial score (nSPS) is 13.2. The summed E-state index contributed by atoms with van der Waals surface area (Å²) in [7, 11) is -3.64. The summed E-state index contributed by atoms with van der Waals surface area (Å²) in [5.74, 6) is -1.30. The highest BCUT2D eigenvalue weighted by Gasteiger charge is 2.30. The summed E-state index contributed by atoms with van der Waals surface area (Å²) in [4.78, 5) is 12.3. The van der Waals surface area contributed by atoms with Gasteiger partial charge in [0.15, 0.2) is 0 Å². The zero-order chi connectivity index (χ0) is 24.8. The van der Waals surface area contributed by atoms with Gasteiger partial charge in [0.05, 0.1) is 23.5 Å². The lowest BCUT2D eigenvalue weighted by Gasteiger charge is -2.15.